The fourth-order valence-electron chi connectivity index (χ4n) is 2.98. The summed E-state index contributed by atoms with van der Waals surface area (Å²) in [6, 6.07) is 9.64. The molecule has 3 rings (SSSR count). The largest absolute Gasteiger partial charge is 0.496 e. The topological polar surface area (TPSA) is 66.9 Å². The molecular formula is C18H18F2N2O4S. The third kappa shape index (κ3) is 3.65. The Hall–Kier alpha value is -2.52. The van der Waals surface area contributed by atoms with Gasteiger partial charge >= 0.3 is 0 Å². The zero-order valence-electron chi connectivity index (χ0n) is 14.6. The van der Waals surface area contributed by atoms with Gasteiger partial charge in [0, 0.05) is 26.2 Å². The average molecular weight is 396 g/mol. The Morgan fingerprint density at radius 1 is 0.963 bits per heavy atom. The molecule has 1 aliphatic heterocycles. The summed E-state index contributed by atoms with van der Waals surface area (Å²) in [4.78, 5) is 13.2. The first-order valence-corrected chi connectivity index (χ1v) is 9.66. The maximum atomic E-state index is 13.9. The monoisotopic (exact) mass is 396 g/mol. The van der Waals surface area contributed by atoms with Gasteiger partial charge in [0.25, 0.3) is 5.91 Å². The highest BCUT2D eigenvalue weighted by Crippen LogP contribution is 2.25. The normalized spacial score (nSPS) is 15.6. The molecule has 1 fully saturated rings. The van der Waals surface area contributed by atoms with Crippen LogP contribution >= 0.6 is 0 Å². The van der Waals surface area contributed by atoms with Crippen LogP contribution in [-0.2, 0) is 10.0 Å². The molecule has 0 unspecified atom stereocenters. The highest BCUT2D eigenvalue weighted by Gasteiger charge is 2.34. The molecule has 0 aromatic heterocycles. The molecule has 9 heteroatoms. The number of sulfonamides is 1. The fourth-order valence-corrected chi connectivity index (χ4v) is 4.51. The van der Waals surface area contributed by atoms with Gasteiger partial charge in [-0.3, -0.25) is 4.79 Å². The fraction of sp³-hybridized carbons (Fsp3) is 0.278. The van der Waals surface area contributed by atoms with Crippen LogP contribution in [0.25, 0.3) is 0 Å². The van der Waals surface area contributed by atoms with Gasteiger partial charge in [0.05, 0.1) is 12.7 Å². The van der Waals surface area contributed by atoms with Gasteiger partial charge in [-0.05, 0) is 24.3 Å². The molecule has 0 saturated carbocycles. The highest BCUT2D eigenvalue weighted by molar-refractivity contribution is 7.89. The molecular weight excluding hydrogens is 378 g/mol. The number of benzene rings is 2. The molecule has 2 aromatic rings. The van der Waals surface area contributed by atoms with Crippen LogP contribution in [0.5, 0.6) is 5.75 Å². The second kappa shape index (κ2) is 7.61. The van der Waals surface area contributed by atoms with E-state index >= 15 is 0 Å². The van der Waals surface area contributed by atoms with Gasteiger partial charge in [-0.1, -0.05) is 18.2 Å². The maximum Gasteiger partial charge on any atom is 0.257 e. The molecule has 0 N–H and O–H groups in total. The molecule has 2 aromatic carbocycles. The lowest BCUT2D eigenvalue weighted by Crippen LogP contribution is -2.50. The van der Waals surface area contributed by atoms with Gasteiger partial charge in [-0.15, -0.1) is 0 Å². The van der Waals surface area contributed by atoms with E-state index in [9.17, 15) is 22.0 Å². The second-order valence-electron chi connectivity index (χ2n) is 5.95. The lowest BCUT2D eigenvalue weighted by Gasteiger charge is -2.34. The Kier molecular flexibility index (Phi) is 5.43. The molecule has 0 atom stereocenters. The van der Waals surface area contributed by atoms with Gasteiger partial charge < -0.3 is 9.64 Å². The van der Waals surface area contributed by atoms with Crippen LogP contribution in [0.4, 0.5) is 8.78 Å². The summed E-state index contributed by atoms with van der Waals surface area (Å²) < 4.78 is 59.1. The molecule has 1 aliphatic rings. The Bertz CT molecular complexity index is 937. The summed E-state index contributed by atoms with van der Waals surface area (Å²) in [5.41, 5.74) is 0.372. The van der Waals surface area contributed by atoms with E-state index in [0.717, 1.165) is 22.5 Å². The maximum absolute atomic E-state index is 13.9. The van der Waals surface area contributed by atoms with Crippen LogP contribution in [0.2, 0.25) is 0 Å². The first-order valence-electron chi connectivity index (χ1n) is 8.22. The summed E-state index contributed by atoms with van der Waals surface area (Å²) in [6.45, 7) is 0.0896. The predicted molar refractivity (Wildman–Crippen MR) is 94.0 cm³/mol. The molecule has 6 nitrogen and oxygen atoms in total. The van der Waals surface area contributed by atoms with Crippen LogP contribution in [0.15, 0.2) is 47.4 Å². The highest BCUT2D eigenvalue weighted by atomic mass is 32.2. The number of hydrogen-bond acceptors (Lipinski definition) is 4. The Labute approximate surface area is 156 Å². The van der Waals surface area contributed by atoms with Crippen molar-refractivity contribution in [2.24, 2.45) is 0 Å². The van der Waals surface area contributed by atoms with Gasteiger partial charge in [-0.2, -0.15) is 4.31 Å². The number of halogens is 2. The second-order valence-corrected chi connectivity index (χ2v) is 7.82. The zero-order valence-corrected chi connectivity index (χ0v) is 15.4. The van der Waals surface area contributed by atoms with Crippen molar-refractivity contribution in [1.82, 2.24) is 9.21 Å². The smallest absolute Gasteiger partial charge is 0.257 e. The van der Waals surface area contributed by atoms with E-state index in [1.165, 1.54) is 12.0 Å². The van der Waals surface area contributed by atoms with E-state index < -0.39 is 26.6 Å². The number of methoxy groups -OCH3 is 1. The summed E-state index contributed by atoms with van der Waals surface area (Å²) in [7, 11) is -2.87. The Morgan fingerprint density at radius 3 is 2.15 bits per heavy atom. The third-order valence-corrected chi connectivity index (χ3v) is 6.33. The van der Waals surface area contributed by atoms with E-state index in [2.05, 4.69) is 0 Å². The standard InChI is InChI=1S/C18H18F2N2O4S/c1-26-16-8-3-2-5-13(16)18(23)21-9-11-22(12-10-21)27(24,25)17-14(19)6-4-7-15(17)20/h2-8H,9-12H2,1H3. The van der Waals surface area contributed by atoms with Crippen molar-refractivity contribution in [2.45, 2.75) is 4.90 Å². The molecule has 0 aliphatic carbocycles. The number of para-hydroxylation sites is 1. The van der Waals surface area contributed by atoms with Crippen LogP contribution in [0, 0.1) is 11.6 Å². The minimum atomic E-state index is -4.33. The number of carbonyl (C=O) groups is 1. The van der Waals surface area contributed by atoms with E-state index in [4.69, 9.17) is 4.74 Å². The summed E-state index contributed by atoms with van der Waals surface area (Å²) in [6.07, 6.45) is 0. The van der Waals surface area contributed by atoms with Crippen LogP contribution in [0.1, 0.15) is 10.4 Å². The van der Waals surface area contributed by atoms with Crippen molar-refractivity contribution < 1.29 is 26.7 Å². The summed E-state index contributed by atoms with van der Waals surface area (Å²) in [5, 5.41) is 0. The van der Waals surface area contributed by atoms with E-state index in [0.29, 0.717) is 11.3 Å². The van der Waals surface area contributed by atoms with E-state index in [1.54, 1.807) is 24.3 Å². The molecule has 1 heterocycles. The van der Waals surface area contributed by atoms with Gasteiger partial charge in [0.2, 0.25) is 10.0 Å². The van der Waals surface area contributed by atoms with Crippen molar-refractivity contribution in [1.29, 1.82) is 0 Å². The first-order chi connectivity index (χ1) is 12.9. The Morgan fingerprint density at radius 2 is 1.56 bits per heavy atom. The number of amides is 1. The number of hydrogen-bond donors (Lipinski definition) is 0. The van der Waals surface area contributed by atoms with E-state index in [-0.39, 0.29) is 32.1 Å². The number of ether oxygens (including phenoxy) is 1. The summed E-state index contributed by atoms with van der Waals surface area (Å²) in [5.74, 6) is -2.14. The van der Waals surface area contributed by atoms with Crippen LogP contribution in [-0.4, -0.2) is 56.8 Å². The van der Waals surface area contributed by atoms with E-state index in [1.807, 2.05) is 0 Å². The minimum Gasteiger partial charge on any atom is -0.496 e. The SMILES string of the molecule is COc1ccccc1C(=O)N1CCN(S(=O)(=O)c2c(F)cccc2F)CC1. The van der Waals surface area contributed by atoms with Crippen molar-refractivity contribution in [2.75, 3.05) is 33.3 Å². The first kappa shape index (κ1) is 19.2. The molecule has 1 saturated heterocycles. The predicted octanol–water partition coefficient (Wildman–Crippen LogP) is 2.12. The lowest BCUT2D eigenvalue weighted by molar-refractivity contribution is 0.0694. The molecule has 144 valence electrons. The average Bonchev–Trinajstić information content (AvgIpc) is 2.67. The summed E-state index contributed by atoms with van der Waals surface area (Å²) >= 11 is 0. The number of rotatable bonds is 4. The third-order valence-electron chi connectivity index (χ3n) is 4.38. The minimum absolute atomic E-state index is 0.0585. The van der Waals surface area contributed by atoms with Crippen molar-refractivity contribution in [3.8, 4) is 5.75 Å². The molecule has 27 heavy (non-hydrogen) atoms. The van der Waals surface area contributed by atoms with Gasteiger partial charge in [0.15, 0.2) is 4.90 Å². The molecule has 0 spiro atoms. The van der Waals surface area contributed by atoms with Crippen LogP contribution < -0.4 is 4.74 Å². The van der Waals surface area contributed by atoms with Crippen molar-refractivity contribution >= 4 is 15.9 Å². The number of carbonyl (C=O) groups excluding carboxylic acids is 1. The van der Waals surface area contributed by atoms with Crippen molar-refractivity contribution in [3.63, 3.8) is 0 Å². The molecule has 0 bridgehead atoms. The molecule has 0 radical (unpaired) electrons. The van der Waals surface area contributed by atoms with Gasteiger partial charge in [-0.25, -0.2) is 17.2 Å². The van der Waals surface area contributed by atoms with Gasteiger partial charge in [0.1, 0.15) is 17.4 Å². The lowest BCUT2D eigenvalue weighted by atomic mass is 10.1. The van der Waals surface area contributed by atoms with Crippen LogP contribution in [0.3, 0.4) is 0 Å². The number of nitrogens with zero attached hydrogens (tertiary/aromatic N) is 2. The zero-order chi connectivity index (χ0) is 19.6. The number of piperazine rings is 1. The van der Waals surface area contributed by atoms with Crippen molar-refractivity contribution in [3.05, 3.63) is 59.7 Å². The molecule has 1 amide bonds. The Balaban J connectivity index is 1.76. The quantitative estimate of drug-likeness (QED) is 0.794.